The summed E-state index contributed by atoms with van der Waals surface area (Å²) < 4.78 is 1.65. The molecule has 2 aromatic heterocycles. The maximum Gasteiger partial charge on any atom is 0.276 e. The van der Waals surface area contributed by atoms with Crippen LogP contribution in [0.3, 0.4) is 0 Å². The number of hydrogen-bond donors (Lipinski definition) is 1. The van der Waals surface area contributed by atoms with Gasteiger partial charge in [0.25, 0.3) is 5.91 Å². The summed E-state index contributed by atoms with van der Waals surface area (Å²) in [5.74, 6) is -0.200. The van der Waals surface area contributed by atoms with E-state index in [9.17, 15) is 4.79 Å². The number of anilines is 1. The van der Waals surface area contributed by atoms with Gasteiger partial charge in [-0.1, -0.05) is 36.5 Å². The van der Waals surface area contributed by atoms with Gasteiger partial charge in [-0.25, -0.2) is 9.50 Å². The Balaban J connectivity index is 1.90. The molecule has 0 aliphatic rings. The molecule has 0 radical (unpaired) electrons. The number of aryl methyl sites for hydroxylation is 3. The third-order valence-corrected chi connectivity index (χ3v) is 4.19. The van der Waals surface area contributed by atoms with Crippen LogP contribution in [0.5, 0.6) is 0 Å². The fraction of sp³-hybridized carbons (Fsp3) is 0.267. The van der Waals surface area contributed by atoms with Gasteiger partial charge in [-0.2, -0.15) is 5.10 Å². The Morgan fingerprint density at radius 1 is 1.38 bits per heavy atom. The minimum absolute atomic E-state index is 0.200. The number of nitrogens with one attached hydrogen (secondary N) is 1. The second kappa shape index (κ2) is 5.29. The molecule has 0 saturated carbocycles. The molecule has 5 nitrogen and oxygen atoms in total. The van der Waals surface area contributed by atoms with Crippen LogP contribution in [0.25, 0.3) is 4.96 Å². The van der Waals surface area contributed by atoms with Crippen LogP contribution in [0, 0.1) is 13.8 Å². The molecule has 3 aromatic rings. The maximum absolute atomic E-state index is 12.4. The number of carbonyl (C=O) groups is 1. The number of fused-ring (bicyclic) bond motifs is 1. The Morgan fingerprint density at radius 3 is 2.90 bits per heavy atom. The summed E-state index contributed by atoms with van der Waals surface area (Å²) in [7, 11) is 0. The van der Waals surface area contributed by atoms with Crippen LogP contribution in [-0.4, -0.2) is 20.5 Å². The monoisotopic (exact) mass is 300 g/mol. The highest BCUT2D eigenvalue weighted by Crippen LogP contribution is 2.22. The van der Waals surface area contributed by atoms with Gasteiger partial charge in [0.15, 0.2) is 0 Å². The van der Waals surface area contributed by atoms with Crippen LogP contribution < -0.4 is 5.32 Å². The molecule has 0 atom stereocenters. The number of aromatic nitrogens is 3. The van der Waals surface area contributed by atoms with Gasteiger partial charge in [0.2, 0.25) is 4.96 Å². The number of benzene rings is 1. The molecule has 3 rings (SSSR count). The van der Waals surface area contributed by atoms with Crippen molar-refractivity contribution in [1.82, 2.24) is 14.6 Å². The van der Waals surface area contributed by atoms with Crippen molar-refractivity contribution in [3.8, 4) is 0 Å². The molecule has 6 heteroatoms. The quantitative estimate of drug-likeness (QED) is 0.808. The molecule has 1 amide bonds. The average molecular weight is 300 g/mol. The zero-order valence-electron chi connectivity index (χ0n) is 12.2. The first-order valence-electron chi connectivity index (χ1n) is 6.81. The summed E-state index contributed by atoms with van der Waals surface area (Å²) in [6.45, 7) is 5.98. The van der Waals surface area contributed by atoms with Gasteiger partial charge < -0.3 is 5.32 Å². The van der Waals surface area contributed by atoms with E-state index in [1.54, 1.807) is 10.7 Å². The number of nitrogens with zero attached hydrogens (tertiary/aromatic N) is 3. The Morgan fingerprint density at radius 2 is 2.19 bits per heavy atom. The van der Waals surface area contributed by atoms with Crippen LogP contribution in [0.4, 0.5) is 5.69 Å². The molecule has 2 heterocycles. The second-order valence-electron chi connectivity index (χ2n) is 4.89. The van der Waals surface area contributed by atoms with Gasteiger partial charge in [-0.15, -0.1) is 0 Å². The molecule has 1 aromatic carbocycles. The summed E-state index contributed by atoms with van der Waals surface area (Å²) in [5, 5.41) is 8.17. The molecule has 0 aliphatic carbocycles. The Labute approximate surface area is 126 Å². The lowest BCUT2D eigenvalue weighted by Crippen LogP contribution is -2.14. The number of amides is 1. The van der Waals surface area contributed by atoms with Crippen molar-refractivity contribution in [3.05, 3.63) is 46.2 Å². The molecule has 0 saturated heterocycles. The summed E-state index contributed by atoms with van der Waals surface area (Å²) in [6.07, 6.45) is 2.54. The highest BCUT2D eigenvalue weighted by Gasteiger charge is 2.15. The first-order valence-corrected chi connectivity index (χ1v) is 7.62. The Kier molecular flexibility index (Phi) is 3.47. The molecule has 0 fully saturated rings. The predicted octanol–water partition coefficient (Wildman–Crippen LogP) is 3.22. The van der Waals surface area contributed by atoms with E-state index in [1.807, 2.05) is 32.0 Å². The molecule has 21 heavy (non-hydrogen) atoms. The fourth-order valence-corrected chi connectivity index (χ4v) is 3.01. The van der Waals surface area contributed by atoms with E-state index in [0.29, 0.717) is 5.69 Å². The van der Waals surface area contributed by atoms with Crippen molar-refractivity contribution in [2.24, 2.45) is 0 Å². The lowest BCUT2D eigenvalue weighted by atomic mass is 10.1. The summed E-state index contributed by atoms with van der Waals surface area (Å²) in [4.78, 5) is 17.4. The minimum atomic E-state index is -0.200. The van der Waals surface area contributed by atoms with Gasteiger partial charge in [-0.05, 0) is 31.4 Å². The maximum atomic E-state index is 12.4. The first-order chi connectivity index (χ1) is 10.1. The number of para-hydroxylation sites is 1. The van der Waals surface area contributed by atoms with Gasteiger partial charge >= 0.3 is 0 Å². The molecule has 108 valence electrons. The van der Waals surface area contributed by atoms with Crippen molar-refractivity contribution in [3.63, 3.8) is 0 Å². The third-order valence-electron chi connectivity index (χ3n) is 3.36. The van der Waals surface area contributed by atoms with E-state index in [2.05, 4.69) is 22.3 Å². The lowest BCUT2D eigenvalue weighted by molar-refractivity contribution is 0.102. The zero-order valence-corrected chi connectivity index (χ0v) is 13.0. The number of hydrogen-bond acceptors (Lipinski definition) is 4. The molecular formula is C15H16N4OS. The van der Waals surface area contributed by atoms with E-state index < -0.39 is 0 Å². The zero-order chi connectivity index (χ0) is 15.0. The van der Waals surface area contributed by atoms with Crippen LogP contribution >= 0.6 is 11.3 Å². The van der Waals surface area contributed by atoms with E-state index in [1.165, 1.54) is 11.3 Å². The molecule has 1 N–H and O–H groups in total. The normalized spacial score (nSPS) is 11.0. The van der Waals surface area contributed by atoms with E-state index in [0.717, 1.165) is 33.2 Å². The number of rotatable bonds is 3. The number of imidazole rings is 1. The van der Waals surface area contributed by atoms with E-state index in [4.69, 9.17) is 0 Å². The van der Waals surface area contributed by atoms with Gasteiger partial charge in [-0.3, -0.25) is 4.79 Å². The summed E-state index contributed by atoms with van der Waals surface area (Å²) >= 11 is 1.47. The number of carbonyl (C=O) groups excluding carboxylic acids is 1. The van der Waals surface area contributed by atoms with E-state index >= 15 is 0 Å². The van der Waals surface area contributed by atoms with Crippen LogP contribution in [0.2, 0.25) is 0 Å². The van der Waals surface area contributed by atoms with E-state index in [-0.39, 0.29) is 5.91 Å². The second-order valence-corrected chi connectivity index (χ2v) is 6.05. The average Bonchev–Trinajstić information content (AvgIpc) is 2.98. The third kappa shape index (κ3) is 2.54. The van der Waals surface area contributed by atoms with Crippen LogP contribution in [0.1, 0.15) is 33.5 Å². The topological polar surface area (TPSA) is 59.3 Å². The molecular weight excluding hydrogens is 284 g/mol. The highest BCUT2D eigenvalue weighted by atomic mass is 32.1. The standard InChI is InChI=1S/C15H16N4OS/c1-4-11-7-5-6-9(2)13(11)17-14(20)12-8-19-15(16-12)21-10(3)18-19/h5-8H,4H2,1-3H3,(H,17,20). The SMILES string of the molecule is CCc1cccc(C)c1NC(=O)c1cn2nc(C)sc2n1. The van der Waals surface area contributed by atoms with Crippen molar-refractivity contribution < 1.29 is 4.79 Å². The van der Waals surface area contributed by atoms with Crippen LogP contribution in [-0.2, 0) is 6.42 Å². The summed E-state index contributed by atoms with van der Waals surface area (Å²) in [6, 6.07) is 6.02. The Hall–Kier alpha value is -2.21. The minimum Gasteiger partial charge on any atom is -0.320 e. The molecule has 0 unspecified atom stereocenters. The predicted molar refractivity (Wildman–Crippen MR) is 84.1 cm³/mol. The highest BCUT2D eigenvalue weighted by molar-refractivity contribution is 7.16. The van der Waals surface area contributed by atoms with Crippen molar-refractivity contribution in [1.29, 1.82) is 0 Å². The largest absolute Gasteiger partial charge is 0.320 e. The van der Waals surface area contributed by atoms with Crippen molar-refractivity contribution in [2.75, 3.05) is 5.32 Å². The van der Waals surface area contributed by atoms with Crippen LogP contribution in [0.15, 0.2) is 24.4 Å². The van der Waals surface area contributed by atoms with Crippen molar-refractivity contribution >= 4 is 27.9 Å². The molecule has 0 aliphatic heterocycles. The lowest BCUT2D eigenvalue weighted by Gasteiger charge is -2.11. The van der Waals surface area contributed by atoms with Gasteiger partial charge in [0.05, 0.1) is 6.20 Å². The van der Waals surface area contributed by atoms with Gasteiger partial charge in [0, 0.05) is 5.69 Å². The van der Waals surface area contributed by atoms with Gasteiger partial charge in [0.1, 0.15) is 10.7 Å². The molecule has 0 bridgehead atoms. The first kappa shape index (κ1) is 13.8. The summed E-state index contributed by atoms with van der Waals surface area (Å²) in [5.41, 5.74) is 3.44. The molecule has 0 spiro atoms. The Bertz CT molecular complexity index is 787. The fourth-order valence-electron chi connectivity index (χ4n) is 2.29. The van der Waals surface area contributed by atoms with Crippen molar-refractivity contribution in [2.45, 2.75) is 27.2 Å². The smallest absolute Gasteiger partial charge is 0.276 e.